The Labute approximate surface area is 239 Å². The number of carboxylic acid groups (broad SMARTS) is 1. The third kappa shape index (κ3) is 5.70. The van der Waals surface area contributed by atoms with Crippen LogP contribution in [0.1, 0.15) is 44.3 Å². The number of benzene rings is 3. The van der Waals surface area contributed by atoms with Gasteiger partial charge in [0.2, 0.25) is 6.79 Å². The van der Waals surface area contributed by atoms with Crippen molar-refractivity contribution in [3.63, 3.8) is 0 Å². The van der Waals surface area contributed by atoms with Gasteiger partial charge in [0.05, 0.1) is 17.4 Å². The summed E-state index contributed by atoms with van der Waals surface area (Å²) in [6.45, 7) is 1.87. The van der Waals surface area contributed by atoms with Crippen molar-refractivity contribution in [3.8, 4) is 11.5 Å². The largest absolute Gasteiger partial charge is 0.481 e. The van der Waals surface area contributed by atoms with Gasteiger partial charge in [-0.05, 0) is 42.8 Å². The molecule has 1 fully saturated rings. The number of rotatable bonds is 8. The number of ether oxygens (including phenoxy) is 2. The van der Waals surface area contributed by atoms with Gasteiger partial charge < -0.3 is 29.7 Å². The number of hydrogen-bond acceptors (Lipinski definition) is 8. The lowest BCUT2D eigenvalue weighted by molar-refractivity contribution is -0.384. The molecule has 3 amide bonds. The summed E-state index contributed by atoms with van der Waals surface area (Å²) in [5.41, 5.74) is 1.23. The lowest BCUT2D eigenvalue weighted by Crippen LogP contribution is -2.54. The third-order valence-corrected chi connectivity index (χ3v) is 6.99. The second-order valence-electron chi connectivity index (χ2n) is 9.82. The number of fused-ring (bicyclic) bond motifs is 1. The predicted octanol–water partition coefficient (Wildman–Crippen LogP) is 2.89. The van der Waals surface area contributed by atoms with Gasteiger partial charge in [0.1, 0.15) is 0 Å². The summed E-state index contributed by atoms with van der Waals surface area (Å²) in [5.74, 6) is -2.31. The molecule has 2 N–H and O–H groups in total. The molecule has 2 aliphatic rings. The van der Waals surface area contributed by atoms with Crippen molar-refractivity contribution in [3.05, 3.63) is 99.1 Å². The number of aryl methyl sites for hydroxylation is 1. The zero-order chi connectivity index (χ0) is 30.0. The predicted molar refractivity (Wildman–Crippen MR) is 146 cm³/mol. The van der Waals surface area contributed by atoms with Gasteiger partial charge in [-0.15, -0.1) is 0 Å². The number of carbonyl (C=O) groups excluding carboxylic acids is 3. The van der Waals surface area contributed by atoms with Crippen LogP contribution in [0.3, 0.4) is 0 Å². The standard InChI is InChI=1S/C29H26N4O9/c1-17-4-2-6-19(12-17)28(37)31-10-11-32(29(38)20-8-9-23-24(14-20)42-16-41-23)27(31)26(36)30-22(15-25(34)35)18-5-3-7-21(13-18)33(39)40/h2-9,12-14,22,27H,10-11,15-16H2,1H3,(H,30,36)(H,34,35). The number of amides is 3. The average Bonchev–Trinajstić information content (AvgIpc) is 3.63. The van der Waals surface area contributed by atoms with Gasteiger partial charge in [-0.2, -0.15) is 0 Å². The summed E-state index contributed by atoms with van der Waals surface area (Å²) < 4.78 is 10.7. The van der Waals surface area contributed by atoms with E-state index < -0.39 is 47.2 Å². The fourth-order valence-corrected chi connectivity index (χ4v) is 5.00. The molecule has 0 aliphatic carbocycles. The molecule has 2 unspecified atom stereocenters. The highest BCUT2D eigenvalue weighted by atomic mass is 16.7. The Morgan fingerprint density at radius 1 is 0.952 bits per heavy atom. The van der Waals surface area contributed by atoms with Gasteiger partial charge >= 0.3 is 5.97 Å². The molecule has 0 aromatic heterocycles. The van der Waals surface area contributed by atoms with Crippen molar-refractivity contribution in [2.24, 2.45) is 0 Å². The molecule has 0 radical (unpaired) electrons. The van der Waals surface area contributed by atoms with Gasteiger partial charge in [-0.1, -0.05) is 29.8 Å². The summed E-state index contributed by atoms with van der Waals surface area (Å²) in [7, 11) is 0. The highest BCUT2D eigenvalue weighted by Crippen LogP contribution is 2.34. The molecule has 13 nitrogen and oxygen atoms in total. The van der Waals surface area contributed by atoms with Crippen molar-refractivity contribution < 1.29 is 38.7 Å². The second-order valence-corrected chi connectivity index (χ2v) is 9.82. The van der Waals surface area contributed by atoms with Crippen LogP contribution in [0.2, 0.25) is 0 Å². The fourth-order valence-electron chi connectivity index (χ4n) is 5.00. The number of nitrogens with one attached hydrogen (secondary N) is 1. The van der Waals surface area contributed by atoms with Crippen LogP contribution in [0, 0.1) is 17.0 Å². The first-order valence-electron chi connectivity index (χ1n) is 13.0. The maximum Gasteiger partial charge on any atom is 0.305 e. The van der Waals surface area contributed by atoms with Crippen molar-refractivity contribution in [1.29, 1.82) is 0 Å². The SMILES string of the molecule is Cc1cccc(C(=O)N2CCN(C(=O)c3ccc4c(c3)OCO4)C2C(=O)NC(CC(=O)O)c2cccc([N+](=O)[O-])c2)c1. The lowest BCUT2D eigenvalue weighted by atomic mass is 10.0. The van der Waals surface area contributed by atoms with Crippen LogP contribution in [0.15, 0.2) is 66.7 Å². The van der Waals surface area contributed by atoms with E-state index in [4.69, 9.17) is 9.47 Å². The summed E-state index contributed by atoms with van der Waals surface area (Å²) >= 11 is 0. The van der Waals surface area contributed by atoms with Crippen LogP contribution in [-0.4, -0.2) is 69.6 Å². The molecule has 0 saturated carbocycles. The van der Waals surface area contributed by atoms with Crippen LogP contribution in [0.5, 0.6) is 11.5 Å². The second kappa shape index (κ2) is 11.6. The van der Waals surface area contributed by atoms with E-state index in [1.165, 1.54) is 46.2 Å². The van der Waals surface area contributed by atoms with E-state index in [1.54, 1.807) is 24.3 Å². The molecule has 0 bridgehead atoms. The Morgan fingerprint density at radius 2 is 1.62 bits per heavy atom. The smallest absolute Gasteiger partial charge is 0.305 e. The molecule has 0 spiro atoms. The van der Waals surface area contributed by atoms with Crippen LogP contribution >= 0.6 is 0 Å². The zero-order valence-electron chi connectivity index (χ0n) is 22.4. The van der Waals surface area contributed by atoms with Crippen LogP contribution < -0.4 is 14.8 Å². The number of nitro groups is 1. The molecule has 42 heavy (non-hydrogen) atoms. The van der Waals surface area contributed by atoms with Crippen molar-refractivity contribution in [1.82, 2.24) is 15.1 Å². The highest BCUT2D eigenvalue weighted by molar-refractivity contribution is 6.02. The highest BCUT2D eigenvalue weighted by Gasteiger charge is 2.44. The number of carboxylic acids is 1. The van der Waals surface area contributed by atoms with E-state index in [0.717, 1.165) is 5.56 Å². The van der Waals surface area contributed by atoms with Crippen LogP contribution in [-0.2, 0) is 9.59 Å². The first kappa shape index (κ1) is 28.1. The Morgan fingerprint density at radius 3 is 2.29 bits per heavy atom. The molecule has 13 heteroatoms. The van der Waals surface area contributed by atoms with E-state index in [0.29, 0.717) is 17.1 Å². The Kier molecular flexibility index (Phi) is 7.74. The number of hydrogen-bond donors (Lipinski definition) is 2. The number of aliphatic carboxylic acids is 1. The number of non-ortho nitro benzene ring substituents is 1. The van der Waals surface area contributed by atoms with Crippen LogP contribution in [0.4, 0.5) is 5.69 Å². The van der Waals surface area contributed by atoms with Gasteiger partial charge in [0, 0.05) is 36.3 Å². The Balaban J connectivity index is 1.49. The van der Waals surface area contributed by atoms with E-state index >= 15 is 0 Å². The minimum absolute atomic E-state index is 0.00308. The maximum atomic E-state index is 13.9. The van der Waals surface area contributed by atoms with Gasteiger partial charge in [0.25, 0.3) is 23.4 Å². The molecule has 3 aromatic carbocycles. The van der Waals surface area contributed by atoms with Gasteiger partial charge in [0.15, 0.2) is 17.7 Å². The normalized spacial score (nSPS) is 16.2. The zero-order valence-corrected chi connectivity index (χ0v) is 22.4. The number of carbonyl (C=O) groups is 4. The van der Waals surface area contributed by atoms with E-state index in [9.17, 15) is 34.4 Å². The topological polar surface area (TPSA) is 169 Å². The van der Waals surface area contributed by atoms with Gasteiger partial charge in [-0.3, -0.25) is 29.3 Å². The molecular formula is C29H26N4O9. The maximum absolute atomic E-state index is 13.9. The first-order chi connectivity index (χ1) is 20.1. The third-order valence-electron chi connectivity index (χ3n) is 6.99. The minimum Gasteiger partial charge on any atom is -0.481 e. The number of nitrogens with zero attached hydrogens (tertiary/aromatic N) is 3. The first-order valence-corrected chi connectivity index (χ1v) is 13.0. The summed E-state index contributed by atoms with van der Waals surface area (Å²) in [6.07, 6.45) is -2.03. The summed E-state index contributed by atoms with van der Waals surface area (Å²) in [5, 5.41) is 23.5. The Bertz CT molecular complexity index is 1590. The monoisotopic (exact) mass is 574 g/mol. The molecule has 216 valence electrons. The van der Waals surface area contributed by atoms with E-state index in [-0.39, 0.29) is 36.7 Å². The molecule has 5 rings (SSSR count). The molecular weight excluding hydrogens is 548 g/mol. The van der Waals surface area contributed by atoms with Crippen molar-refractivity contribution in [2.75, 3.05) is 19.9 Å². The molecule has 2 atom stereocenters. The minimum atomic E-state index is -1.44. The quantitative estimate of drug-likeness (QED) is 0.303. The molecule has 2 aliphatic heterocycles. The van der Waals surface area contributed by atoms with Gasteiger partial charge in [-0.25, -0.2) is 0 Å². The molecule has 3 aromatic rings. The fraction of sp³-hybridized carbons (Fsp3) is 0.241. The van der Waals surface area contributed by atoms with E-state index in [2.05, 4.69) is 5.32 Å². The summed E-state index contributed by atoms with van der Waals surface area (Å²) in [4.78, 5) is 66.1. The van der Waals surface area contributed by atoms with Crippen molar-refractivity contribution >= 4 is 29.4 Å². The van der Waals surface area contributed by atoms with E-state index in [1.807, 2.05) is 13.0 Å². The molecule has 1 saturated heterocycles. The number of nitro benzene ring substituents is 1. The van der Waals surface area contributed by atoms with Crippen LogP contribution in [0.25, 0.3) is 0 Å². The lowest BCUT2D eigenvalue weighted by Gasteiger charge is -2.31. The molecule has 2 heterocycles. The summed E-state index contributed by atoms with van der Waals surface area (Å²) in [6, 6.07) is 15.4. The van der Waals surface area contributed by atoms with Crippen molar-refractivity contribution in [2.45, 2.75) is 25.6 Å². The average molecular weight is 575 g/mol. The Hall–Kier alpha value is -5.46.